The van der Waals surface area contributed by atoms with Crippen molar-refractivity contribution >= 4 is 51.6 Å². The average Bonchev–Trinajstić information content (AvgIpc) is 4.25. The van der Waals surface area contributed by atoms with Crippen LogP contribution in [0.15, 0.2) is 146 Å². The Morgan fingerprint density at radius 1 is 0.586 bits per heavy atom. The van der Waals surface area contributed by atoms with E-state index in [4.69, 9.17) is 24.1 Å². The molecule has 2 saturated carbocycles. The molecule has 1 saturated heterocycles. The number of benzene rings is 5. The van der Waals surface area contributed by atoms with Gasteiger partial charge in [-0.1, -0.05) is 79.8 Å². The maximum atomic E-state index is 12.9. The average molecular weight is 1020 g/mol. The summed E-state index contributed by atoms with van der Waals surface area (Å²) in [5, 5.41) is 17.9. The molecule has 3 aliphatic rings. The van der Waals surface area contributed by atoms with Crippen molar-refractivity contribution in [2.75, 3.05) is 39.6 Å². The molecular weight excluding hydrogens is 953 g/mol. The van der Waals surface area contributed by atoms with Crippen molar-refractivity contribution in [3.8, 4) is 11.5 Å². The number of nitrogens with one attached hydrogen (secondary N) is 3. The summed E-state index contributed by atoms with van der Waals surface area (Å²) in [7, 11) is -11.3. The maximum absolute atomic E-state index is 12.9. The number of ether oxygens (including phenoxy) is 3. The van der Waals surface area contributed by atoms with Gasteiger partial charge in [-0.05, 0) is 118 Å². The standard InChI is InChI=1S/C22H20N2O6S2.C20H23N3O3S.C5H11N.C4H8O/c1-16-7-10-19(11-8-16)32(27,28)30-14-13-29-17-9-12-21-20(15-17)22(24-23-21)31(25,26)18-5-3-2-4-6-18;24-27(25,17-8-2-1-3-9-17)20-18-14-16(10-11-19(18)22-23-20)26-13-12-21-15-6-4-5-7-15;6-5-3-1-2-4-5;1-2-4-5-3-1/h2-12,15H,13-14H2,1H3,(H,23,24);1-3,8-11,14-15,21H,4-7,12-13H2,(H,22,23);5H,1-4,6H2;1-4H2. The summed E-state index contributed by atoms with van der Waals surface area (Å²) in [5.74, 6) is 1.00. The molecule has 0 spiro atoms. The molecule has 19 heteroatoms. The third-order valence-electron chi connectivity index (χ3n) is 11.9. The Morgan fingerprint density at radius 3 is 1.53 bits per heavy atom. The van der Waals surface area contributed by atoms with E-state index in [0.29, 0.717) is 52.0 Å². The van der Waals surface area contributed by atoms with Gasteiger partial charge in [0.1, 0.15) is 31.3 Å². The van der Waals surface area contributed by atoms with Crippen LogP contribution < -0.4 is 20.5 Å². The Kier molecular flexibility index (Phi) is 18.6. The third-order valence-corrected chi connectivity index (χ3v) is 16.7. The molecule has 5 aromatic carbocycles. The van der Waals surface area contributed by atoms with Crippen LogP contribution in [0.25, 0.3) is 21.8 Å². The van der Waals surface area contributed by atoms with E-state index >= 15 is 0 Å². The molecule has 3 fully saturated rings. The van der Waals surface area contributed by atoms with E-state index in [-0.39, 0.29) is 38.0 Å². The zero-order valence-electron chi connectivity index (χ0n) is 39.3. The molecule has 3 heterocycles. The number of H-pyrrole nitrogens is 2. The summed E-state index contributed by atoms with van der Waals surface area (Å²) in [6.07, 6.45) is 12.9. The Morgan fingerprint density at radius 2 is 1.07 bits per heavy atom. The molecule has 2 aromatic heterocycles. The molecule has 0 bridgehead atoms. The van der Waals surface area contributed by atoms with Crippen LogP contribution in [0.4, 0.5) is 0 Å². The van der Waals surface area contributed by atoms with Gasteiger partial charge >= 0.3 is 0 Å². The van der Waals surface area contributed by atoms with Gasteiger partial charge in [0, 0.05) is 42.6 Å². The molecule has 5 N–H and O–H groups in total. The van der Waals surface area contributed by atoms with Crippen molar-refractivity contribution in [2.24, 2.45) is 5.73 Å². The first-order chi connectivity index (χ1) is 33.8. The summed E-state index contributed by atoms with van der Waals surface area (Å²) < 4.78 is 97.5. The number of nitrogens with two attached hydrogens (primary N) is 1. The summed E-state index contributed by atoms with van der Waals surface area (Å²) in [6.45, 7) is 4.94. The molecule has 16 nitrogen and oxygen atoms in total. The van der Waals surface area contributed by atoms with Crippen LogP contribution in [0.3, 0.4) is 0 Å². The number of hydrogen-bond acceptors (Lipinski definition) is 14. The van der Waals surface area contributed by atoms with E-state index in [1.807, 2.05) is 13.0 Å². The molecule has 0 radical (unpaired) electrons. The molecule has 2 aliphatic carbocycles. The van der Waals surface area contributed by atoms with Gasteiger partial charge in [0.15, 0.2) is 10.1 Å². The van der Waals surface area contributed by atoms with Crippen LogP contribution >= 0.6 is 0 Å². The number of fused-ring (bicyclic) bond motifs is 2. The van der Waals surface area contributed by atoms with Crippen LogP contribution in [0, 0.1) is 6.92 Å². The fraction of sp³-hybridized carbons (Fsp3) is 0.373. The Labute approximate surface area is 410 Å². The van der Waals surface area contributed by atoms with Crippen LogP contribution in [0.5, 0.6) is 11.5 Å². The minimum Gasteiger partial charge on any atom is -0.492 e. The zero-order chi connectivity index (χ0) is 49.4. The van der Waals surface area contributed by atoms with Gasteiger partial charge in [0.2, 0.25) is 19.7 Å². The molecule has 374 valence electrons. The molecule has 0 unspecified atom stereocenters. The molecule has 10 rings (SSSR count). The highest BCUT2D eigenvalue weighted by Crippen LogP contribution is 2.31. The van der Waals surface area contributed by atoms with E-state index in [9.17, 15) is 25.3 Å². The minimum atomic E-state index is -3.89. The predicted octanol–water partition coefficient (Wildman–Crippen LogP) is 8.48. The topological polar surface area (TPSA) is 235 Å². The van der Waals surface area contributed by atoms with Crippen LogP contribution in [-0.4, -0.2) is 97.3 Å². The molecule has 70 heavy (non-hydrogen) atoms. The van der Waals surface area contributed by atoms with Gasteiger partial charge in [0.25, 0.3) is 10.1 Å². The quantitative estimate of drug-likeness (QED) is 0.0557. The number of sulfone groups is 2. The van der Waals surface area contributed by atoms with Gasteiger partial charge in [-0.25, -0.2) is 16.8 Å². The second-order valence-electron chi connectivity index (χ2n) is 17.2. The highest BCUT2D eigenvalue weighted by Gasteiger charge is 2.25. The molecular formula is C51H62N6O10S3. The van der Waals surface area contributed by atoms with E-state index in [1.54, 1.807) is 91.0 Å². The van der Waals surface area contributed by atoms with Crippen molar-refractivity contribution < 1.29 is 43.6 Å². The fourth-order valence-electron chi connectivity index (χ4n) is 8.06. The molecule has 7 aromatic rings. The number of aryl methyl sites for hydroxylation is 1. The largest absolute Gasteiger partial charge is 0.492 e. The Bertz CT molecular complexity index is 3060. The number of aromatic amines is 2. The van der Waals surface area contributed by atoms with Gasteiger partial charge < -0.3 is 25.3 Å². The van der Waals surface area contributed by atoms with Crippen molar-refractivity contribution in [2.45, 2.75) is 108 Å². The van der Waals surface area contributed by atoms with Crippen molar-refractivity contribution in [3.63, 3.8) is 0 Å². The highest BCUT2D eigenvalue weighted by atomic mass is 32.2. The van der Waals surface area contributed by atoms with Crippen LogP contribution in [0.1, 0.15) is 69.8 Å². The highest BCUT2D eigenvalue weighted by molar-refractivity contribution is 7.92. The first-order valence-corrected chi connectivity index (χ1v) is 28.0. The van der Waals surface area contributed by atoms with E-state index in [0.717, 1.165) is 25.3 Å². The SMILES string of the molecule is C1CCOC1.Cc1ccc(S(=O)(=O)OCCOc2ccc3n[nH]c(S(=O)(=O)c4ccccc4)c3c2)cc1.NC1CCCC1.O=S(=O)(c1ccccc1)c1[nH]nc2ccc(OCCNC3CCCC3)cc12. The number of hydrogen-bond donors (Lipinski definition) is 4. The lowest BCUT2D eigenvalue weighted by Gasteiger charge is -2.12. The van der Waals surface area contributed by atoms with Gasteiger partial charge in [-0.2, -0.15) is 18.6 Å². The van der Waals surface area contributed by atoms with Crippen LogP contribution in [-0.2, 0) is 38.7 Å². The monoisotopic (exact) mass is 1010 g/mol. The second-order valence-corrected chi connectivity index (χ2v) is 22.6. The van der Waals surface area contributed by atoms with E-state index in [1.165, 1.54) is 88.5 Å². The smallest absolute Gasteiger partial charge is 0.297 e. The lowest BCUT2D eigenvalue weighted by Crippen LogP contribution is -2.30. The van der Waals surface area contributed by atoms with Crippen LogP contribution in [0.2, 0.25) is 0 Å². The second kappa shape index (κ2) is 24.9. The number of rotatable bonds is 15. The molecule has 0 atom stereocenters. The summed E-state index contributed by atoms with van der Waals surface area (Å²) in [4.78, 5) is 0.452. The van der Waals surface area contributed by atoms with Gasteiger partial charge in [-0.3, -0.25) is 14.4 Å². The van der Waals surface area contributed by atoms with E-state index in [2.05, 4.69) is 25.7 Å². The maximum Gasteiger partial charge on any atom is 0.297 e. The van der Waals surface area contributed by atoms with E-state index < -0.39 is 29.8 Å². The van der Waals surface area contributed by atoms with Gasteiger partial charge in [-0.15, -0.1) is 0 Å². The van der Waals surface area contributed by atoms with Crippen molar-refractivity contribution in [1.29, 1.82) is 0 Å². The Hall–Kier alpha value is -5.67. The lowest BCUT2D eigenvalue weighted by molar-refractivity contribution is 0.198. The summed E-state index contributed by atoms with van der Waals surface area (Å²) in [6, 6.07) is 34.0. The number of nitrogens with zero attached hydrogens (tertiary/aromatic N) is 2. The van der Waals surface area contributed by atoms with Gasteiger partial charge in [0.05, 0.1) is 25.7 Å². The third kappa shape index (κ3) is 14.2. The molecule has 0 amide bonds. The predicted molar refractivity (Wildman–Crippen MR) is 268 cm³/mol. The normalized spacial score (nSPS) is 15.4. The fourth-order valence-corrected chi connectivity index (χ4v) is 11.7. The first-order valence-electron chi connectivity index (χ1n) is 23.7. The lowest BCUT2D eigenvalue weighted by atomic mass is 10.2. The summed E-state index contributed by atoms with van der Waals surface area (Å²) in [5.41, 5.74) is 7.54. The molecule has 1 aliphatic heterocycles. The zero-order valence-corrected chi connectivity index (χ0v) is 41.7. The summed E-state index contributed by atoms with van der Waals surface area (Å²) >= 11 is 0. The first kappa shape index (κ1) is 52.2. The number of aromatic nitrogens is 4. The minimum absolute atomic E-state index is 0.0395. The Balaban J connectivity index is 0.000000170. The van der Waals surface area contributed by atoms with Crippen molar-refractivity contribution in [1.82, 2.24) is 25.7 Å². The van der Waals surface area contributed by atoms with Crippen molar-refractivity contribution in [3.05, 3.63) is 127 Å².